The summed E-state index contributed by atoms with van der Waals surface area (Å²) >= 11 is 0. The second-order valence-corrected chi connectivity index (χ2v) is 9.99. The number of carbonyl (C=O) groups excluding carboxylic acids is 1. The molecule has 0 fully saturated rings. The average Bonchev–Trinajstić information content (AvgIpc) is 3.23. The van der Waals surface area contributed by atoms with Gasteiger partial charge in [-0.1, -0.05) is 60.7 Å². The van der Waals surface area contributed by atoms with E-state index in [1.807, 2.05) is 54.6 Å². The van der Waals surface area contributed by atoms with Crippen molar-refractivity contribution in [1.29, 1.82) is 0 Å². The molecule has 176 valence electrons. The van der Waals surface area contributed by atoms with Crippen LogP contribution in [0.3, 0.4) is 0 Å². The quantitative estimate of drug-likeness (QED) is 0.344. The number of aromatic nitrogens is 1. The zero-order valence-corrected chi connectivity index (χ0v) is 19.7. The van der Waals surface area contributed by atoms with Crippen molar-refractivity contribution in [2.45, 2.75) is 24.3 Å². The molecule has 0 saturated carbocycles. The van der Waals surface area contributed by atoms with Crippen molar-refractivity contribution < 1.29 is 17.6 Å². The van der Waals surface area contributed by atoms with Gasteiger partial charge in [0.25, 0.3) is 0 Å². The molecule has 0 aliphatic heterocycles. The normalized spacial score (nSPS) is 12.6. The number of hydrogen-bond donors (Lipinski definition) is 2. The van der Waals surface area contributed by atoms with E-state index < -0.39 is 22.0 Å². The van der Waals surface area contributed by atoms with E-state index in [4.69, 9.17) is 4.42 Å². The molecular weight excluding hydrogens is 462 g/mol. The van der Waals surface area contributed by atoms with Gasteiger partial charge < -0.3 is 9.73 Å². The Morgan fingerprint density at radius 2 is 1.66 bits per heavy atom. The minimum Gasteiger partial charge on any atom is -0.441 e. The van der Waals surface area contributed by atoms with E-state index in [1.54, 1.807) is 43.3 Å². The zero-order valence-electron chi connectivity index (χ0n) is 18.9. The van der Waals surface area contributed by atoms with Crippen LogP contribution in [0.15, 0.2) is 100 Å². The van der Waals surface area contributed by atoms with Crippen molar-refractivity contribution in [1.82, 2.24) is 9.71 Å². The Morgan fingerprint density at radius 3 is 2.46 bits per heavy atom. The highest BCUT2D eigenvalue weighted by Gasteiger charge is 2.26. The van der Waals surface area contributed by atoms with E-state index in [9.17, 15) is 13.2 Å². The number of rotatable bonds is 7. The van der Waals surface area contributed by atoms with E-state index in [0.29, 0.717) is 22.7 Å². The number of sulfonamides is 1. The monoisotopic (exact) mass is 485 g/mol. The third-order valence-corrected chi connectivity index (χ3v) is 7.16. The summed E-state index contributed by atoms with van der Waals surface area (Å²) in [6.07, 6.45) is 0.184. The van der Waals surface area contributed by atoms with Crippen molar-refractivity contribution in [2.24, 2.45) is 0 Å². The van der Waals surface area contributed by atoms with Crippen LogP contribution in [0.25, 0.3) is 21.9 Å². The van der Waals surface area contributed by atoms with Crippen LogP contribution in [0.2, 0.25) is 0 Å². The molecule has 0 unspecified atom stereocenters. The summed E-state index contributed by atoms with van der Waals surface area (Å²) in [5.41, 5.74) is 2.53. The molecule has 1 amide bonds. The molecule has 4 aromatic carbocycles. The van der Waals surface area contributed by atoms with E-state index >= 15 is 0 Å². The van der Waals surface area contributed by atoms with Gasteiger partial charge in [-0.2, -0.15) is 4.72 Å². The van der Waals surface area contributed by atoms with Crippen molar-refractivity contribution in [3.05, 3.63) is 102 Å². The molecule has 0 aliphatic rings. The molecule has 7 nitrogen and oxygen atoms in total. The summed E-state index contributed by atoms with van der Waals surface area (Å²) in [6.45, 7) is 1.75. The first-order valence-electron chi connectivity index (χ1n) is 11.1. The Morgan fingerprint density at radius 1 is 0.914 bits per heavy atom. The second-order valence-electron chi connectivity index (χ2n) is 8.28. The van der Waals surface area contributed by atoms with Crippen LogP contribution in [0.4, 0.5) is 5.69 Å². The Hall–Kier alpha value is -4.01. The van der Waals surface area contributed by atoms with Crippen LogP contribution < -0.4 is 10.0 Å². The van der Waals surface area contributed by atoms with Crippen molar-refractivity contribution in [2.75, 3.05) is 5.32 Å². The number of fused-ring (bicyclic) bond motifs is 2. The zero-order chi connectivity index (χ0) is 24.4. The number of hydrogen-bond acceptors (Lipinski definition) is 5. The number of benzene rings is 4. The topological polar surface area (TPSA) is 101 Å². The molecule has 0 saturated heterocycles. The number of nitrogens with zero attached hydrogens (tertiary/aromatic N) is 1. The molecule has 0 radical (unpaired) electrons. The number of oxazole rings is 1. The number of amides is 1. The third kappa shape index (κ3) is 5.08. The Balaban J connectivity index is 1.43. The number of anilines is 1. The highest BCUT2D eigenvalue weighted by Crippen LogP contribution is 2.22. The first-order valence-corrected chi connectivity index (χ1v) is 12.6. The lowest BCUT2D eigenvalue weighted by atomic mass is 10.1. The summed E-state index contributed by atoms with van der Waals surface area (Å²) in [5, 5.41) is 4.55. The lowest BCUT2D eigenvalue weighted by Gasteiger charge is -2.19. The Kier molecular flexibility index (Phi) is 6.07. The fourth-order valence-electron chi connectivity index (χ4n) is 3.97. The smallest absolute Gasteiger partial charge is 0.242 e. The maximum Gasteiger partial charge on any atom is 0.242 e. The van der Waals surface area contributed by atoms with Gasteiger partial charge in [-0.05, 0) is 47.0 Å². The Bertz CT molecular complexity index is 1630. The van der Waals surface area contributed by atoms with Gasteiger partial charge in [-0.15, -0.1) is 0 Å². The first kappa shape index (κ1) is 22.8. The minimum absolute atomic E-state index is 0.0978. The molecule has 1 atom stereocenters. The fourth-order valence-corrected chi connectivity index (χ4v) is 5.20. The summed E-state index contributed by atoms with van der Waals surface area (Å²) in [4.78, 5) is 17.7. The fraction of sp³-hybridized carbons (Fsp3) is 0.111. The van der Waals surface area contributed by atoms with Gasteiger partial charge >= 0.3 is 0 Å². The van der Waals surface area contributed by atoms with Crippen LogP contribution in [-0.2, 0) is 21.2 Å². The maximum atomic E-state index is 13.3. The van der Waals surface area contributed by atoms with E-state index in [1.165, 1.54) is 0 Å². The van der Waals surface area contributed by atoms with Crippen molar-refractivity contribution in [3.8, 4) is 0 Å². The van der Waals surface area contributed by atoms with Gasteiger partial charge in [0.15, 0.2) is 11.5 Å². The van der Waals surface area contributed by atoms with Gasteiger partial charge in [0.05, 0.1) is 4.90 Å². The molecule has 8 heteroatoms. The summed E-state index contributed by atoms with van der Waals surface area (Å²) in [7, 11) is -3.98. The number of aryl methyl sites for hydroxylation is 1. The summed E-state index contributed by atoms with van der Waals surface area (Å²) in [6, 6.07) is 25.8. The van der Waals surface area contributed by atoms with Crippen molar-refractivity contribution in [3.63, 3.8) is 0 Å². The van der Waals surface area contributed by atoms with Gasteiger partial charge in [-0.3, -0.25) is 4.79 Å². The third-order valence-electron chi connectivity index (χ3n) is 5.69. The molecular formula is C27H23N3O4S. The predicted octanol–water partition coefficient (Wildman–Crippen LogP) is 4.82. The molecule has 0 bridgehead atoms. The van der Waals surface area contributed by atoms with Crippen LogP contribution in [0, 0.1) is 6.92 Å². The number of nitrogens with one attached hydrogen (secondary N) is 2. The Labute approximate surface area is 202 Å². The van der Waals surface area contributed by atoms with Crippen LogP contribution in [0.5, 0.6) is 0 Å². The first-order chi connectivity index (χ1) is 16.9. The maximum absolute atomic E-state index is 13.3. The summed E-state index contributed by atoms with van der Waals surface area (Å²) in [5.74, 6) is 0.0439. The molecule has 2 N–H and O–H groups in total. The van der Waals surface area contributed by atoms with Crippen LogP contribution >= 0.6 is 0 Å². The van der Waals surface area contributed by atoms with Crippen LogP contribution in [-0.4, -0.2) is 25.4 Å². The SMILES string of the molecule is Cc1nc2ccc(NC(=O)[C@H](Cc3ccccc3)NS(=O)(=O)c3ccc4ccccc4c3)cc2o1. The lowest BCUT2D eigenvalue weighted by molar-refractivity contribution is -0.117. The highest BCUT2D eigenvalue weighted by atomic mass is 32.2. The van der Waals surface area contributed by atoms with Crippen molar-refractivity contribution >= 4 is 43.5 Å². The molecule has 1 heterocycles. The molecule has 0 aliphatic carbocycles. The molecule has 0 spiro atoms. The molecule has 35 heavy (non-hydrogen) atoms. The molecule has 1 aromatic heterocycles. The average molecular weight is 486 g/mol. The highest BCUT2D eigenvalue weighted by molar-refractivity contribution is 7.89. The van der Waals surface area contributed by atoms with Gasteiger partial charge in [0, 0.05) is 18.7 Å². The van der Waals surface area contributed by atoms with E-state index in [2.05, 4.69) is 15.0 Å². The van der Waals surface area contributed by atoms with E-state index in [0.717, 1.165) is 16.3 Å². The lowest BCUT2D eigenvalue weighted by Crippen LogP contribution is -2.45. The van der Waals surface area contributed by atoms with Crippen LogP contribution in [0.1, 0.15) is 11.5 Å². The standard InChI is InChI=1S/C27H23N3O4S/c1-18-28-24-14-12-22(17-26(24)34-18)29-27(31)25(15-19-7-3-2-4-8-19)30-35(32,33)23-13-11-20-9-5-6-10-21(20)16-23/h2-14,16-17,25,30H,15H2,1H3,(H,29,31)/t25-/m0/s1. The largest absolute Gasteiger partial charge is 0.441 e. The van der Waals surface area contributed by atoms with Gasteiger partial charge in [-0.25, -0.2) is 13.4 Å². The van der Waals surface area contributed by atoms with Gasteiger partial charge in [0.2, 0.25) is 15.9 Å². The predicted molar refractivity (Wildman–Crippen MR) is 136 cm³/mol. The molecule has 5 rings (SSSR count). The molecule has 5 aromatic rings. The summed E-state index contributed by atoms with van der Waals surface area (Å²) < 4.78 is 34.7. The minimum atomic E-state index is -3.98. The van der Waals surface area contributed by atoms with Gasteiger partial charge in [0.1, 0.15) is 11.6 Å². The second kappa shape index (κ2) is 9.32. The number of carbonyl (C=O) groups is 1. The van der Waals surface area contributed by atoms with E-state index in [-0.39, 0.29) is 11.3 Å².